The van der Waals surface area contributed by atoms with E-state index in [1.54, 1.807) is 42.5 Å². The first-order valence-electron chi connectivity index (χ1n) is 11.6. The molecule has 1 fully saturated rings. The summed E-state index contributed by atoms with van der Waals surface area (Å²) in [4.78, 5) is 28.9. The lowest BCUT2D eigenvalue weighted by Gasteiger charge is -2.28. The second-order valence-corrected chi connectivity index (χ2v) is 9.95. The van der Waals surface area contributed by atoms with Gasteiger partial charge in [-0.25, -0.2) is 0 Å². The highest BCUT2D eigenvalue weighted by Gasteiger charge is 2.44. The molecular formula is C27H33ClN2O4. The molecule has 0 aromatic heterocycles. The van der Waals surface area contributed by atoms with Crippen LogP contribution in [0, 0.1) is 12.8 Å². The second kappa shape index (κ2) is 11.1. The van der Waals surface area contributed by atoms with E-state index in [4.69, 9.17) is 16.3 Å². The number of carbonyl (C=O) groups excluding carboxylic acids is 2. The van der Waals surface area contributed by atoms with Crippen molar-refractivity contribution in [1.82, 2.24) is 4.90 Å². The molecule has 2 aromatic rings. The van der Waals surface area contributed by atoms with Gasteiger partial charge in [-0.3, -0.25) is 9.59 Å². The number of nitrogens with one attached hydrogen (secondary N) is 1. The highest BCUT2D eigenvalue weighted by molar-refractivity contribution is 6.46. The molecule has 182 valence electrons. The number of hydrogen-bond acceptors (Lipinski definition) is 4. The first-order chi connectivity index (χ1) is 16.1. The maximum atomic E-state index is 13.7. The summed E-state index contributed by atoms with van der Waals surface area (Å²) in [6, 6.07) is 11.4. The summed E-state index contributed by atoms with van der Waals surface area (Å²) in [5, 5.41) is 14.2. The van der Waals surface area contributed by atoms with Crippen LogP contribution in [0.3, 0.4) is 0 Å². The van der Waals surface area contributed by atoms with E-state index in [9.17, 15) is 14.7 Å². The summed E-state index contributed by atoms with van der Waals surface area (Å²) < 4.78 is 5.77. The van der Waals surface area contributed by atoms with E-state index in [-0.39, 0.29) is 5.57 Å². The molecule has 6 nitrogen and oxygen atoms in total. The number of hydrogen-bond donors (Lipinski definition) is 1. The van der Waals surface area contributed by atoms with Crippen LogP contribution in [0.5, 0.6) is 5.75 Å². The van der Waals surface area contributed by atoms with Crippen LogP contribution in [0.2, 0.25) is 5.02 Å². The highest BCUT2D eigenvalue weighted by atomic mass is 35.5. The minimum Gasteiger partial charge on any atom is -0.872 e. The number of nitrogens with zero attached hydrogens (tertiary/aromatic N) is 1. The van der Waals surface area contributed by atoms with E-state index < -0.39 is 23.5 Å². The van der Waals surface area contributed by atoms with Crippen molar-refractivity contribution in [2.24, 2.45) is 5.92 Å². The smallest absolute Gasteiger partial charge is 0.295 e. The van der Waals surface area contributed by atoms with Gasteiger partial charge in [-0.1, -0.05) is 49.4 Å². The molecule has 1 aliphatic heterocycles. The van der Waals surface area contributed by atoms with Crippen molar-refractivity contribution in [3.8, 4) is 5.75 Å². The zero-order valence-electron chi connectivity index (χ0n) is 20.5. The van der Waals surface area contributed by atoms with Crippen LogP contribution in [-0.2, 0) is 9.59 Å². The van der Waals surface area contributed by atoms with Gasteiger partial charge in [0, 0.05) is 23.6 Å². The van der Waals surface area contributed by atoms with Crippen molar-refractivity contribution in [2.75, 3.05) is 33.8 Å². The van der Waals surface area contributed by atoms with Gasteiger partial charge in [0.2, 0.25) is 5.78 Å². The molecule has 1 N–H and O–H groups in total. The molecule has 34 heavy (non-hydrogen) atoms. The summed E-state index contributed by atoms with van der Waals surface area (Å²) in [6.07, 6.45) is 0.716. The summed E-state index contributed by atoms with van der Waals surface area (Å²) in [6.45, 7) is 7.73. The van der Waals surface area contributed by atoms with Gasteiger partial charge < -0.3 is 19.6 Å². The Bertz CT molecular complexity index is 1080. The van der Waals surface area contributed by atoms with Crippen LogP contribution >= 0.6 is 11.6 Å². The SMILES string of the molecule is Cc1cc(OCC(C)C)ccc1C([O-])=C1C(=O)C(=O)N(CCC[NH+](C)C)C1c1ccc(Cl)cc1. The molecule has 0 radical (unpaired) electrons. The number of aryl methyl sites for hydroxylation is 1. The molecule has 3 rings (SSSR count). The van der Waals surface area contributed by atoms with E-state index in [1.165, 1.54) is 9.80 Å². The number of benzene rings is 2. The molecule has 0 aliphatic carbocycles. The fraction of sp³-hybridized carbons (Fsp3) is 0.407. The lowest BCUT2D eigenvalue weighted by Crippen LogP contribution is -3.05. The molecule has 2 aromatic carbocycles. The van der Waals surface area contributed by atoms with Gasteiger partial charge in [0.15, 0.2) is 0 Å². The zero-order chi connectivity index (χ0) is 25.0. The molecule has 1 atom stereocenters. The number of halogens is 1. The quantitative estimate of drug-likeness (QED) is 0.337. The van der Waals surface area contributed by atoms with E-state index >= 15 is 0 Å². The normalized spacial score (nSPS) is 17.8. The standard InChI is InChI=1S/C27H33ClN2O4/c1-17(2)16-34-21-11-12-22(18(3)15-21)25(31)23-24(19-7-9-20(28)10-8-19)30(27(33)26(23)32)14-6-13-29(4)5/h7-12,15,17,24,31H,6,13-14,16H2,1-5H3. The average molecular weight is 485 g/mol. The molecular weight excluding hydrogens is 452 g/mol. The van der Waals surface area contributed by atoms with Crippen molar-refractivity contribution in [3.63, 3.8) is 0 Å². The van der Waals surface area contributed by atoms with Crippen LogP contribution in [0.15, 0.2) is 48.0 Å². The lowest BCUT2D eigenvalue weighted by molar-refractivity contribution is -0.858. The number of quaternary nitrogens is 1. The zero-order valence-corrected chi connectivity index (χ0v) is 21.2. The summed E-state index contributed by atoms with van der Waals surface area (Å²) in [5.41, 5.74) is 1.78. The van der Waals surface area contributed by atoms with E-state index in [0.717, 1.165) is 6.54 Å². The van der Waals surface area contributed by atoms with Crippen LogP contribution in [-0.4, -0.2) is 50.4 Å². The molecule has 1 saturated heterocycles. The Morgan fingerprint density at radius 1 is 1.15 bits per heavy atom. The largest absolute Gasteiger partial charge is 0.872 e. The lowest BCUT2D eigenvalue weighted by atomic mass is 9.94. The molecule has 0 spiro atoms. The Morgan fingerprint density at radius 3 is 2.41 bits per heavy atom. The van der Waals surface area contributed by atoms with Crippen molar-refractivity contribution in [2.45, 2.75) is 33.2 Å². The predicted octanol–water partition coefficient (Wildman–Crippen LogP) is 2.44. The third kappa shape index (κ3) is 5.80. The maximum Gasteiger partial charge on any atom is 0.295 e. The summed E-state index contributed by atoms with van der Waals surface area (Å²) >= 11 is 6.07. The Labute approximate surface area is 206 Å². The van der Waals surface area contributed by atoms with Gasteiger partial charge >= 0.3 is 0 Å². The van der Waals surface area contributed by atoms with Crippen molar-refractivity contribution < 1.29 is 24.3 Å². The van der Waals surface area contributed by atoms with Gasteiger partial charge in [-0.15, -0.1) is 0 Å². The van der Waals surface area contributed by atoms with Gasteiger partial charge in [-0.05, 0) is 53.8 Å². The molecule has 1 heterocycles. The number of Topliss-reactive ketones (excluding diaryl/α,β-unsaturated/α-hetero) is 1. The maximum absolute atomic E-state index is 13.7. The van der Waals surface area contributed by atoms with Gasteiger partial charge in [0.25, 0.3) is 5.91 Å². The molecule has 0 saturated carbocycles. The number of ether oxygens (including phenoxy) is 1. The highest BCUT2D eigenvalue weighted by Crippen LogP contribution is 2.39. The van der Waals surface area contributed by atoms with Crippen molar-refractivity contribution in [3.05, 3.63) is 69.8 Å². The molecule has 1 unspecified atom stereocenters. The van der Waals surface area contributed by atoms with E-state index in [1.807, 2.05) is 21.0 Å². The van der Waals surface area contributed by atoms with E-state index in [2.05, 4.69) is 13.8 Å². The summed E-state index contributed by atoms with van der Waals surface area (Å²) in [5.74, 6) is -0.747. The number of ketones is 1. The minimum absolute atomic E-state index is 0.0107. The number of rotatable bonds is 9. The minimum atomic E-state index is -0.738. The Hall–Kier alpha value is -2.83. The third-order valence-electron chi connectivity index (χ3n) is 5.82. The number of carbonyl (C=O) groups is 2. The average Bonchev–Trinajstić information content (AvgIpc) is 3.02. The van der Waals surface area contributed by atoms with Crippen molar-refractivity contribution in [1.29, 1.82) is 0 Å². The fourth-order valence-electron chi connectivity index (χ4n) is 4.08. The first-order valence-corrected chi connectivity index (χ1v) is 12.0. The molecule has 0 bridgehead atoms. The van der Waals surface area contributed by atoms with Crippen LogP contribution in [0.25, 0.3) is 5.76 Å². The third-order valence-corrected chi connectivity index (χ3v) is 6.07. The van der Waals surface area contributed by atoms with Crippen LogP contribution in [0.1, 0.15) is 43.0 Å². The van der Waals surface area contributed by atoms with Gasteiger partial charge in [0.1, 0.15) is 5.75 Å². The number of amides is 1. The van der Waals surface area contributed by atoms with Crippen LogP contribution in [0.4, 0.5) is 0 Å². The topological polar surface area (TPSA) is 74.1 Å². The van der Waals surface area contributed by atoms with Gasteiger partial charge in [0.05, 0.1) is 33.3 Å². The number of likely N-dealkylation sites (tertiary alicyclic amines) is 1. The van der Waals surface area contributed by atoms with Gasteiger partial charge in [-0.2, -0.15) is 0 Å². The summed E-state index contributed by atoms with van der Waals surface area (Å²) in [7, 11) is 4.07. The fourth-order valence-corrected chi connectivity index (χ4v) is 4.21. The first kappa shape index (κ1) is 25.8. The Kier molecular flexibility index (Phi) is 8.39. The van der Waals surface area contributed by atoms with E-state index in [0.29, 0.717) is 53.0 Å². The molecule has 1 aliphatic rings. The van der Waals surface area contributed by atoms with Crippen LogP contribution < -0.4 is 14.7 Å². The monoisotopic (exact) mass is 484 g/mol. The van der Waals surface area contributed by atoms with Crippen molar-refractivity contribution >= 4 is 29.1 Å². The Morgan fingerprint density at radius 2 is 1.82 bits per heavy atom. The predicted molar refractivity (Wildman–Crippen MR) is 132 cm³/mol. The Balaban J connectivity index is 2.04. The second-order valence-electron chi connectivity index (χ2n) is 9.52. The molecule has 7 heteroatoms. The molecule has 1 amide bonds.